The standard InChI is InChI=1S/C15H26O4/c1-2-9-19-15(18)8-6-4-3-5-7-12-10-13(16)11-14(12)17/h3,5,12-14,16-17H,2,4,6-11H2,1H3/t12-,13+,14+/m1/s1. The van der Waals surface area contributed by atoms with Crippen LogP contribution in [0.4, 0.5) is 0 Å². The van der Waals surface area contributed by atoms with Crippen molar-refractivity contribution in [2.45, 2.75) is 64.1 Å². The van der Waals surface area contributed by atoms with Crippen LogP contribution in [0.3, 0.4) is 0 Å². The smallest absolute Gasteiger partial charge is 0.305 e. The van der Waals surface area contributed by atoms with Crippen LogP contribution in [-0.2, 0) is 9.53 Å². The van der Waals surface area contributed by atoms with E-state index in [1.54, 1.807) is 0 Å². The van der Waals surface area contributed by atoms with Crippen molar-refractivity contribution in [1.82, 2.24) is 0 Å². The maximum Gasteiger partial charge on any atom is 0.305 e. The minimum atomic E-state index is -0.372. The third kappa shape index (κ3) is 6.73. The second-order valence-electron chi connectivity index (χ2n) is 5.27. The highest BCUT2D eigenvalue weighted by Crippen LogP contribution is 2.29. The molecular formula is C15H26O4. The lowest BCUT2D eigenvalue weighted by molar-refractivity contribution is -0.143. The van der Waals surface area contributed by atoms with Gasteiger partial charge >= 0.3 is 5.97 Å². The van der Waals surface area contributed by atoms with Gasteiger partial charge in [-0.25, -0.2) is 0 Å². The Labute approximate surface area is 115 Å². The second kappa shape index (κ2) is 9.10. The number of allylic oxidation sites excluding steroid dienone is 2. The van der Waals surface area contributed by atoms with Crippen molar-refractivity contribution in [3.63, 3.8) is 0 Å². The van der Waals surface area contributed by atoms with Crippen LogP contribution in [0.25, 0.3) is 0 Å². The fourth-order valence-electron chi connectivity index (χ4n) is 2.37. The van der Waals surface area contributed by atoms with Gasteiger partial charge in [0.15, 0.2) is 0 Å². The zero-order valence-corrected chi connectivity index (χ0v) is 11.8. The number of aliphatic hydroxyl groups excluding tert-OH is 2. The maximum atomic E-state index is 11.2. The molecule has 1 rings (SSSR count). The number of hydrogen-bond donors (Lipinski definition) is 2. The number of esters is 1. The van der Waals surface area contributed by atoms with Gasteiger partial charge in [0, 0.05) is 6.42 Å². The van der Waals surface area contributed by atoms with Crippen LogP contribution >= 0.6 is 0 Å². The third-order valence-corrected chi connectivity index (χ3v) is 3.46. The lowest BCUT2D eigenvalue weighted by Crippen LogP contribution is -2.11. The van der Waals surface area contributed by atoms with Crippen molar-refractivity contribution in [2.75, 3.05) is 6.61 Å². The van der Waals surface area contributed by atoms with E-state index in [1.165, 1.54) is 0 Å². The van der Waals surface area contributed by atoms with Crippen LogP contribution in [0.1, 0.15) is 51.9 Å². The SMILES string of the molecule is CCCOC(=O)CCCC=CC[C@@H]1C[C@H](O)C[C@@H]1O. The monoisotopic (exact) mass is 270 g/mol. The molecule has 0 aromatic rings. The zero-order chi connectivity index (χ0) is 14.1. The van der Waals surface area contributed by atoms with Gasteiger partial charge in [-0.2, -0.15) is 0 Å². The summed E-state index contributed by atoms with van der Waals surface area (Å²) in [7, 11) is 0. The number of aliphatic hydroxyl groups is 2. The van der Waals surface area contributed by atoms with Crippen molar-refractivity contribution in [3.05, 3.63) is 12.2 Å². The minimum absolute atomic E-state index is 0.121. The lowest BCUT2D eigenvalue weighted by atomic mass is 10.0. The predicted octanol–water partition coefficient (Wildman–Crippen LogP) is 2.19. The van der Waals surface area contributed by atoms with Gasteiger partial charge < -0.3 is 14.9 Å². The fourth-order valence-corrected chi connectivity index (χ4v) is 2.37. The molecule has 1 aliphatic rings. The molecule has 0 saturated heterocycles. The van der Waals surface area contributed by atoms with Crippen LogP contribution in [-0.4, -0.2) is 35.0 Å². The van der Waals surface area contributed by atoms with Crippen LogP contribution in [0, 0.1) is 5.92 Å². The first kappa shape index (κ1) is 16.2. The van der Waals surface area contributed by atoms with Gasteiger partial charge in [-0.05, 0) is 44.4 Å². The first-order valence-corrected chi connectivity index (χ1v) is 7.30. The summed E-state index contributed by atoms with van der Waals surface area (Å²) in [4.78, 5) is 11.2. The van der Waals surface area contributed by atoms with Crippen molar-refractivity contribution >= 4 is 5.97 Å². The van der Waals surface area contributed by atoms with Crippen molar-refractivity contribution < 1.29 is 19.7 Å². The number of rotatable bonds is 8. The normalized spacial score (nSPS) is 27.0. The van der Waals surface area contributed by atoms with E-state index in [1.807, 2.05) is 19.1 Å². The molecular weight excluding hydrogens is 244 g/mol. The summed E-state index contributed by atoms with van der Waals surface area (Å²) in [6, 6.07) is 0. The van der Waals surface area contributed by atoms with E-state index in [2.05, 4.69) is 0 Å². The molecule has 2 N–H and O–H groups in total. The van der Waals surface area contributed by atoms with E-state index in [0.717, 1.165) is 25.7 Å². The average molecular weight is 270 g/mol. The van der Waals surface area contributed by atoms with Gasteiger partial charge in [0.2, 0.25) is 0 Å². The zero-order valence-electron chi connectivity index (χ0n) is 11.8. The molecule has 0 aliphatic heterocycles. The molecule has 0 bridgehead atoms. The highest BCUT2D eigenvalue weighted by Gasteiger charge is 2.30. The van der Waals surface area contributed by atoms with E-state index < -0.39 is 0 Å². The Kier molecular flexibility index (Phi) is 7.75. The Morgan fingerprint density at radius 2 is 2.11 bits per heavy atom. The molecule has 4 nitrogen and oxygen atoms in total. The number of hydrogen-bond acceptors (Lipinski definition) is 4. The highest BCUT2D eigenvalue weighted by atomic mass is 16.5. The second-order valence-corrected chi connectivity index (χ2v) is 5.27. The van der Waals surface area contributed by atoms with Crippen LogP contribution in [0.2, 0.25) is 0 Å². The summed E-state index contributed by atoms with van der Waals surface area (Å²) in [5, 5.41) is 19.1. The Balaban J connectivity index is 2.03. The van der Waals surface area contributed by atoms with Crippen molar-refractivity contribution in [3.8, 4) is 0 Å². The van der Waals surface area contributed by atoms with Crippen LogP contribution in [0.5, 0.6) is 0 Å². The van der Waals surface area contributed by atoms with Crippen LogP contribution < -0.4 is 0 Å². The summed E-state index contributed by atoms with van der Waals surface area (Å²) >= 11 is 0. The molecule has 3 atom stereocenters. The third-order valence-electron chi connectivity index (χ3n) is 3.46. The Bertz CT molecular complexity index is 288. The molecule has 0 heterocycles. The number of unbranched alkanes of at least 4 members (excludes halogenated alkanes) is 1. The molecule has 0 unspecified atom stereocenters. The molecule has 1 aliphatic carbocycles. The summed E-state index contributed by atoms with van der Waals surface area (Å²) in [6.45, 7) is 2.49. The van der Waals surface area contributed by atoms with Gasteiger partial charge in [-0.15, -0.1) is 0 Å². The number of ether oxygens (including phenoxy) is 1. The molecule has 0 radical (unpaired) electrons. The Hall–Kier alpha value is -0.870. The largest absolute Gasteiger partial charge is 0.466 e. The molecule has 1 saturated carbocycles. The molecule has 0 spiro atoms. The number of carbonyl (C=O) groups is 1. The molecule has 0 aromatic carbocycles. The van der Waals surface area contributed by atoms with Crippen LogP contribution in [0.15, 0.2) is 12.2 Å². The summed E-state index contributed by atoms with van der Waals surface area (Å²) < 4.78 is 4.98. The predicted molar refractivity (Wildman–Crippen MR) is 73.6 cm³/mol. The van der Waals surface area contributed by atoms with Gasteiger partial charge in [0.25, 0.3) is 0 Å². The minimum Gasteiger partial charge on any atom is -0.466 e. The molecule has 0 aromatic heterocycles. The Morgan fingerprint density at radius 3 is 2.74 bits per heavy atom. The van der Waals surface area contributed by atoms with E-state index >= 15 is 0 Å². The van der Waals surface area contributed by atoms with Gasteiger partial charge in [0.1, 0.15) is 0 Å². The van der Waals surface area contributed by atoms with Gasteiger partial charge in [-0.3, -0.25) is 4.79 Å². The van der Waals surface area contributed by atoms with E-state index in [0.29, 0.717) is 25.9 Å². The summed E-state index contributed by atoms with van der Waals surface area (Å²) in [5.41, 5.74) is 0. The van der Waals surface area contributed by atoms with E-state index in [4.69, 9.17) is 4.74 Å². The summed E-state index contributed by atoms with van der Waals surface area (Å²) in [6.07, 6.45) is 8.35. The van der Waals surface area contributed by atoms with Gasteiger partial charge in [-0.1, -0.05) is 19.1 Å². The van der Waals surface area contributed by atoms with Gasteiger partial charge in [0.05, 0.1) is 18.8 Å². The first-order chi connectivity index (χ1) is 9.13. The molecule has 110 valence electrons. The van der Waals surface area contributed by atoms with E-state index in [9.17, 15) is 15.0 Å². The lowest BCUT2D eigenvalue weighted by Gasteiger charge is -2.10. The molecule has 0 amide bonds. The first-order valence-electron chi connectivity index (χ1n) is 7.30. The number of carbonyl (C=O) groups excluding carboxylic acids is 1. The maximum absolute atomic E-state index is 11.2. The molecule has 19 heavy (non-hydrogen) atoms. The highest BCUT2D eigenvalue weighted by molar-refractivity contribution is 5.69. The Morgan fingerprint density at radius 1 is 1.32 bits per heavy atom. The summed E-state index contributed by atoms with van der Waals surface area (Å²) in [5.74, 6) is 0.0605. The topological polar surface area (TPSA) is 66.8 Å². The quantitative estimate of drug-likeness (QED) is 0.403. The van der Waals surface area contributed by atoms with Crippen molar-refractivity contribution in [2.24, 2.45) is 5.92 Å². The van der Waals surface area contributed by atoms with Crippen molar-refractivity contribution in [1.29, 1.82) is 0 Å². The fraction of sp³-hybridized carbons (Fsp3) is 0.800. The molecule has 4 heteroatoms. The average Bonchev–Trinajstić information content (AvgIpc) is 2.69. The molecule has 1 fully saturated rings. The van der Waals surface area contributed by atoms with E-state index in [-0.39, 0.29) is 24.1 Å².